The highest BCUT2D eigenvalue weighted by Gasteiger charge is 2.19. The fourth-order valence-corrected chi connectivity index (χ4v) is 4.42. The Morgan fingerprint density at radius 3 is 2.84 bits per heavy atom. The SMILES string of the molecule is Cc1ccsc1C(Cc1ccccc1)Nc1nccn2ncc(Br)c12. The minimum atomic E-state index is 0.155. The summed E-state index contributed by atoms with van der Waals surface area (Å²) in [6.07, 6.45) is 6.32. The van der Waals surface area contributed by atoms with Gasteiger partial charge in [-0.05, 0) is 51.8 Å². The third kappa shape index (κ3) is 3.32. The number of anilines is 1. The minimum Gasteiger partial charge on any atom is -0.360 e. The Morgan fingerprint density at radius 2 is 2.08 bits per heavy atom. The average molecular weight is 413 g/mol. The summed E-state index contributed by atoms with van der Waals surface area (Å²) in [7, 11) is 0. The van der Waals surface area contributed by atoms with E-state index in [1.54, 1.807) is 23.7 Å². The van der Waals surface area contributed by atoms with E-state index in [0.29, 0.717) is 0 Å². The van der Waals surface area contributed by atoms with Crippen LogP contribution in [0.15, 0.2) is 64.8 Å². The van der Waals surface area contributed by atoms with E-state index in [9.17, 15) is 0 Å². The molecule has 0 aliphatic heterocycles. The molecule has 0 saturated heterocycles. The van der Waals surface area contributed by atoms with Gasteiger partial charge in [-0.2, -0.15) is 5.10 Å². The van der Waals surface area contributed by atoms with Crippen LogP contribution in [0.2, 0.25) is 0 Å². The molecule has 3 aromatic heterocycles. The van der Waals surface area contributed by atoms with Crippen LogP contribution >= 0.6 is 27.3 Å². The second-order valence-electron chi connectivity index (χ2n) is 5.92. The Balaban J connectivity index is 1.73. The van der Waals surface area contributed by atoms with Crippen LogP contribution in [0.4, 0.5) is 5.82 Å². The molecule has 0 saturated carbocycles. The molecular formula is C19H17BrN4S. The van der Waals surface area contributed by atoms with Crippen LogP contribution in [0.25, 0.3) is 5.52 Å². The molecule has 0 amide bonds. The van der Waals surface area contributed by atoms with E-state index < -0.39 is 0 Å². The molecule has 1 unspecified atom stereocenters. The van der Waals surface area contributed by atoms with Crippen molar-refractivity contribution in [2.24, 2.45) is 0 Å². The van der Waals surface area contributed by atoms with Gasteiger partial charge in [0, 0.05) is 17.3 Å². The van der Waals surface area contributed by atoms with Gasteiger partial charge in [-0.3, -0.25) is 0 Å². The molecule has 4 rings (SSSR count). The number of aryl methyl sites for hydroxylation is 1. The van der Waals surface area contributed by atoms with Crippen molar-refractivity contribution in [2.75, 3.05) is 5.32 Å². The Morgan fingerprint density at radius 1 is 1.24 bits per heavy atom. The summed E-state index contributed by atoms with van der Waals surface area (Å²) in [6, 6.07) is 12.9. The number of halogens is 1. The van der Waals surface area contributed by atoms with E-state index in [2.05, 4.69) is 74.0 Å². The molecule has 126 valence electrons. The summed E-state index contributed by atoms with van der Waals surface area (Å²) in [4.78, 5) is 5.90. The van der Waals surface area contributed by atoms with Crippen LogP contribution in [-0.2, 0) is 6.42 Å². The first kappa shape index (κ1) is 16.3. The Labute approximate surface area is 158 Å². The standard InChI is InChI=1S/C19H17BrN4S/c1-13-7-10-25-18(13)16(11-14-5-3-2-4-6-14)23-19-17-15(20)12-22-24(17)9-8-21-19/h2-10,12,16H,11H2,1H3,(H,21,23). The predicted molar refractivity (Wildman–Crippen MR) is 106 cm³/mol. The van der Waals surface area contributed by atoms with E-state index >= 15 is 0 Å². The molecule has 0 radical (unpaired) electrons. The predicted octanol–water partition coefficient (Wildman–Crippen LogP) is 5.26. The van der Waals surface area contributed by atoms with Crippen LogP contribution in [0, 0.1) is 6.92 Å². The fraction of sp³-hybridized carbons (Fsp3) is 0.158. The first-order chi connectivity index (χ1) is 12.2. The minimum absolute atomic E-state index is 0.155. The second kappa shape index (κ2) is 6.98. The summed E-state index contributed by atoms with van der Waals surface area (Å²) in [5.41, 5.74) is 3.56. The van der Waals surface area contributed by atoms with Crippen LogP contribution in [-0.4, -0.2) is 14.6 Å². The lowest BCUT2D eigenvalue weighted by Gasteiger charge is -2.20. The highest BCUT2D eigenvalue weighted by atomic mass is 79.9. The van der Waals surface area contributed by atoms with Gasteiger partial charge < -0.3 is 5.32 Å². The monoisotopic (exact) mass is 412 g/mol. The van der Waals surface area contributed by atoms with Gasteiger partial charge in [0.15, 0.2) is 5.82 Å². The zero-order chi connectivity index (χ0) is 17.2. The van der Waals surface area contributed by atoms with Crippen LogP contribution in [0.3, 0.4) is 0 Å². The summed E-state index contributed by atoms with van der Waals surface area (Å²) in [5, 5.41) is 10.1. The van der Waals surface area contributed by atoms with E-state index in [1.165, 1.54) is 16.0 Å². The highest BCUT2D eigenvalue weighted by molar-refractivity contribution is 9.10. The summed E-state index contributed by atoms with van der Waals surface area (Å²) in [5.74, 6) is 0.834. The molecule has 4 aromatic rings. The molecule has 0 spiro atoms. The lowest BCUT2D eigenvalue weighted by atomic mass is 10.0. The van der Waals surface area contributed by atoms with E-state index in [-0.39, 0.29) is 6.04 Å². The smallest absolute Gasteiger partial charge is 0.153 e. The average Bonchev–Trinajstić information content (AvgIpc) is 3.22. The molecule has 1 N–H and O–H groups in total. The number of rotatable bonds is 5. The van der Waals surface area contributed by atoms with Crippen LogP contribution in [0.1, 0.15) is 22.0 Å². The van der Waals surface area contributed by atoms with Crippen molar-refractivity contribution < 1.29 is 0 Å². The normalized spacial score (nSPS) is 12.4. The Bertz CT molecular complexity index is 993. The molecule has 25 heavy (non-hydrogen) atoms. The van der Waals surface area contributed by atoms with Gasteiger partial charge in [0.25, 0.3) is 0 Å². The van der Waals surface area contributed by atoms with Gasteiger partial charge >= 0.3 is 0 Å². The van der Waals surface area contributed by atoms with Gasteiger partial charge in [-0.1, -0.05) is 30.3 Å². The van der Waals surface area contributed by atoms with Crippen molar-refractivity contribution in [3.8, 4) is 0 Å². The Hall–Kier alpha value is -2.18. The molecule has 1 aromatic carbocycles. The van der Waals surface area contributed by atoms with E-state index in [1.807, 2.05) is 16.8 Å². The maximum absolute atomic E-state index is 4.56. The van der Waals surface area contributed by atoms with Gasteiger partial charge in [0.05, 0.1) is 16.7 Å². The maximum Gasteiger partial charge on any atom is 0.153 e. The van der Waals surface area contributed by atoms with Crippen molar-refractivity contribution >= 4 is 38.6 Å². The summed E-state index contributed by atoms with van der Waals surface area (Å²) < 4.78 is 2.77. The maximum atomic E-state index is 4.56. The number of hydrogen-bond donors (Lipinski definition) is 1. The number of aromatic nitrogens is 3. The van der Waals surface area contributed by atoms with Crippen molar-refractivity contribution in [1.82, 2.24) is 14.6 Å². The van der Waals surface area contributed by atoms with Crippen LogP contribution in [0.5, 0.6) is 0 Å². The number of nitrogens with one attached hydrogen (secondary N) is 1. The molecule has 0 aliphatic carbocycles. The first-order valence-electron chi connectivity index (χ1n) is 8.04. The van der Waals surface area contributed by atoms with Crippen molar-refractivity contribution in [2.45, 2.75) is 19.4 Å². The molecule has 4 nitrogen and oxygen atoms in total. The highest BCUT2D eigenvalue weighted by Crippen LogP contribution is 2.32. The van der Waals surface area contributed by atoms with E-state index in [0.717, 1.165) is 22.2 Å². The zero-order valence-corrected chi connectivity index (χ0v) is 16.1. The molecular weight excluding hydrogens is 396 g/mol. The molecule has 6 heteroatoms. The molecule has 0 fully saturated rings. The second-order valence-corrected chi connectivity index (χ2v) is 7.72. The topological polar surface area (TPSA) is 42.2 Å². The number of benzene rings is 1. The van der Waals surface area contributed by atoms with Crippen LogP contribution < -0.4 is 5.32 Å². The number of fused-ring (bicyclic) bond motifs is 1. The third-order valence-corrected chi connectivity index (χ3v) is 5.91. The lowest BCUT2D eigenvalue weighted by Crippen LogP contribution is -2.15. The molecule has 0 bridgehead atoms. The zero-order valence-electron chi connectivity index (χ0n) is 13.7. The lowest BCUT2D eigenvalue weighted by molar-refractivity contribution is 0.779. The van der Waals surface area contributed by atoms with Gasteiger partial charge in [-0.15, -0.1) is 11.3 Å². The molecule has 0 aliphatic rings. The van der Waals surface area contributed by atoms with Gasteiger partial charge in [0.2, 0.25) is 0 Å². The summed E-state index contributed by atoms with van der Waals surface area (Å²) in [6.45, 7) is 2.16. The largest absolute Gasteiger partial charge is 0.360 e. The number of thiophene rings is 1. The summed E-state index contributed by atoms with van der Waals surface area (Å²) >= 11 is 5.36. The Kier molecular flexibility index (Phi) is 4.55. The number of hydrogen-bond acceptors (Lipinski definition) is 4. The van der Waals surface area contributed by atoms with Crippen molar-refractivity contribution in [3.05, 3.63) is 80.8 Å². The fourth-order valence-electron chi connectivity index (χ4n) is 2.98. The van der Waals surface area contributed by atoms with Gasteiger partial charge in [0.1, 0.15) is 5.52 Å². The third-order valence-electron chi connectivity index (χ3n) is 4.20. The van der Waals surface area contributed by atoms with E-state index in [4.69, 9.17) is 0 Å². The first-order valence-corrected chi connectivity index (χ1v) is 9.72. The van der Waals surface area contributed by atoms with Crippen molar-refractivity contribution in [1.29, 1.82) is 0 Å². The number of nitrogens with zero attached hydrogens (tertiary/aromatic N) is 3. The molecule has 3 heterocycles. The molecule has 1 atom stereocenters. The quantitative estimate of drug-likeness (QED) is 0.486. The van der Waals surface area contributed by atoms with Gasteiger partial charge in [-0.25, -0.2) is 9.50 Å². The van der Waals surface area contributed by atoms with Crippen molar-refractivity contribution in [3.63, 3.8) is 0 Å².